The molecule has 0 aliphatic carbocycles. The van der Waals surface area contributed by atoms with E-state index in [-0.39, 0.29) is 17.9 Å². The number of carbonyl (C=O) groups excluding carboxylic acids is 2. The molecule has 3 aliphatic heterocycles. The molecule has 1 aromatic heterocycles. The summed E-state index contributed by atoms with van der Waals surface area (Å²) in [5.41, 5.74) is 3.59. The molecule has 7 heteroatoms. The van der Waals surface area contributed by atoms with Gasteiger partial charge in [0.2, 0.25) is 11.8 Å². The van der Waals surface area contributed by atoms with E-state index in [1.807, 2.05) is 17.1 Å². The molecule has 7 nitrogen and oxygen atoms in total. The molecule has 31 heavy (non-hydrogen) atoms. The number of hydrogen-bond donors (Lipinski definition) is 0. The smallest absolute Gasteiger partial charge is 0.230 e. The summed E-state index contributed by atoms with van der Waals surface area (Å²) in [4.78, 5) is 38.4. The molecule has 2 amide bonds. The van der Waals surface area contributed by atoms with E-state index in [4.69, 9.17) is 4.74 Å². The molecular weight excluding hydrogens is 392 g/mol. The molecule has 4 atom stereocenters. The molecule has 0 N–H and O–H groups in total. The van der Waals surface area contributed by atoms with E-state index in [0.717, 1.165) is 11.3 Å². The maximum Gasteiger partial charge on any atom is 0.230 e. The molecule has 2 aromatic rings. The molecular formula is C24H26N4O3. The second-order valence-electron chi connectivity index (χ2n) is 8.91. The Kier molecular flexibility index (Phi) is 4.66. The molecule has 2 saturated heterocycles. The lowest BCUT2D eigenvalue weighted by atomic mass is 9.76. The maximum atomic E-state index is 13.4. The first-order valence-electron chi connectivity index (χ1n) is 10.6. The van der Waals surface area contributed by atoms with Crippen LogP contribution in [0, 0.1) is 25.7 Å². The van der Waals surface area contributed by atoms with Crippen molar-refractivity contribution in [2.75, 3.05) is 13.6 Å². The summed E-state index contributed by atoms with van der Waals surface area (Å²) >= 11 is 0. The van der Waals surface area contributed by atoms with E-state index < -0.39 is 17.4 Å². The average Bonchev–Trinajstić information content (AvgIpc) is 3.39. The van der Waals surface area contributed by atoms with E-state index >= 15 is 0 Å². The zero-order valence-electron chi connectivity index (χ0n) is 18.0. The number of aromatic nitrogens is 2. The third-order valence-electron chi connectivity index (χ3n) is 6.83. The van der Waals surface area contributed by atoms with Crippen LogP contribution in [0.15, 0.2) is 48.9 Å². The molecule has 2 bridgehead atoms. The summed E-state index contributed by atoms with van der Waals surface area (Å²) in [6.45, 7) is 5.53. The Labute approximate surface area is 181 Å². The predicted molar refractivity (Wildman–Crippen MR) is 114 cm³/mol. The van der Waals surface area contributed by atoms with Crippen molar-refractivity contribution in [3.8, 4) is 0 Å². The topological polar surface area (TPSA) is 75.6 Å². The monoisotopic (exact) mass is 418 g/mol. The zero-order chi connectivity index (χ0) is 21.8. The summed E-state index contributed by atoms with van der Waals surface area (Å²) in [6, 6.07) is 8.06. The second kappa shape index (κ2) is 7.27. The van der Waals surface area contributed by atoms with Crippen LogP contribution in [0.5, 0.6) is 0 Å². The van der Waals surface area contributed by atoms with E-state index in [1.165, 1.54) is 17.5 Å². The van der Waals surface area contributed by atoms with E-state index in [0.29, 0.717) is 19.6 Å². The average molecular weight is 418 g/mol. The highest BCUT2D eigenvalue weighted by Gasteiger charge is 2.67. The van der Waals surface area contributed by atoms with Crippen LogP contribution >= 0.6 is 0 Å². The molecule has 1 aromatic carbocycles. The molecule has 5 rings (SSSR count). The Balaban J connectivity index is 1.36. The van der Waals surface area contributed by atoms with Crippen LogP contribution in [0.2, 0.25) is 0 Å². The van der Waals surface area contributed by atoms with Crippen molar-refractivity contribution in [2.45, 2.75) is 38.6 Å². The van der Waals surface area contributed by atoms with E-state index in [9.17, 15) is 9.59 Å². The van der Waals surface area contributed by atoms with Gasteiger partial charge in [-0.25, -0.2) is 9.97 Å². The van der Waals surface area contributed by atoms with Crippen LogP contribution in [0.1, 0.15) is 22.4 Å². The first-order valence-corrected chi connectivity index (χ1v) is 10.6. The number of carbonyl (C=O) groups is 2. The standard InChI is InChI=1S/C24H26N4O3/c1-15-4-5-17(10-16(15)2)11-28-13-24-8-6-19(31-24)20(21(24)23(28)30)22(29)27(3)12-18-7-9-25-14-26-18/h4-10,14,19-21H,11-13H2,1-3H3/t19-,20-,21+,24-/m0/s1. The fourth-order valence-electron chi connectivity index (χ4n) is 5.10. The maximum absolute atomic E-state index is 13.4. The lowest BCUT2D eigenvalue weighted by molar-refractivity contribution is -0.142. The molecule has 160 valence electrons. The second-order valence-corrected chi connectivity index (χ2v) is 8.91. The van der Waals surface area contributed by atoms with Crippen LogP contribution in [-0.2, 0) is 27.4 Å². The summed E-state index contributed by atoms with van der Waals surface area (Å²) in [7, 11) is 1.75. The zero-order valence-corrected chi connectivity index (χ0v) is 18.0. The van der Waals surface area contributed by atoms with Gasteiger partial charge in [-0.1, -0.05) is 30.4 Å². The van der Waals surface area contributed by atoms with E-state index in [2.05, 4.69) is 42.0 Å². The third-order valence-corrected chi connectivity index (χ3v) is 6.83. The molecule has 0 saturated carbocycles. The lowest BCUT2D eigenvalue weighted by Crippen LogP contribution is -2.44. The lowest BCUT2D eigenvalue weighted by Gasteiger charge is -2.27. The number of rotatable bonds is 5. The van der Waals surface area contributed by atoms with Crippen LogP contribution < -0.4 is 0 Å². The highest BCUT2D eigenvalue weighted by molar-refractivity contribution is 5.93. The molecule has 3 aliphatic rings. The fraction of sp³-hybridized carbons (Fsp3) is 0.417. The van der Waals surface area contributed by atoms with Crippen molar-refractivity contribution in [1.29, 1.82) is 0 Å². The molecule has 4 heterocycles. The van der Waals surface area contributed by atoms with E-state index in [1.54, 1.807) is 24.2 Å². The van der Waals surface area contributed by atoms with Gasteiger partial charge in [-0.05, 0) is 36.6 Å². The minimum absolute atomic E-state index is 0.00105. The van der Waals surface area contributed by atoms with Crippen molar-refractivity contribution < 1.29 is 14.3 Å². The van der Waals surface area contributed by atoms with Gasteiger partial charge in [0.05, 0.1) is 36.7 Å². The summed E-state index contributed by atoms with van der Waals surface area (Å²) in [6.07, 6.45) is 6.72. The first kappa shape index (κ1) is 19.9. The summed E-state index contributed by atoms with van der Waals surface area (Å²) < 4.78 is 6.25. The first-order chi connectivity index (χ1) is 14.9. The molecule has 1 spiro atoms. The Hall–Kier alpha value is -3.06. The van der Waals surface area contributed by atoms with Gasteiger partial charge < -0.3 is 14.5 Å². The van der Waals surface area contributed by atoms with Gasteiger partial charge in [0.1, 0.15) is 11.9 Å². The fourth-order valence-corrected chi connectivity index (χ4v) is 5.10. The summed E-state index contributed by atoms with van der Waals surface area (Å²) in [5.74, 6) is -1.07. The van der Waals surface area contributed by atoms with Crippen molar-refractivity contribution in [3.63, 3.8) is 0 Å². The molecule has 0 radical (unpaired) electrons. The van der Waals surface area contributed by atoms with Gasteiger partial charge >= 0.3 is 0 Å². The number of nitrogens with zero attached hydrogens (tertiary/aromatic N) is 4. The summed E-state index contributed by atoms with van der Waals surface area (Å²) in [5, 5.41) is 0. The number of hydrogen-bond acceptors (Lipinski definition) is 5. The van der Waals surface area contributed by atoms with Crippen molar-refractivity contribution in [3.05, 3.63) is 71.3 Å². The van der Waals surface area contributed by atoms with Gasteiger partial charge in [-0.15, -0.1) is 0 Å². The van der Waals surface area contributed by atoms with Gasteiger partial charge in [0.25, 0.3) is 0 Å². The van der Waals surface area contributed by atoms with Gasteiger partial charge in [-0.2, -0.15) is 0 Å². The number of ether oxygens (including phenoxy) is 1. The predicted octanol–water partition coefficient (Wildman–Crippen LogP) is 2.03. The van der Waals surface area contributed by atoms with Crippen molar-refractivity contribution in [1.82, 2.24) is 19.8 Å². The number of likely N-dealkylation sites (tertiary alicyclic amines) is 1. The normalized spacial score (nSPS) is 28.3. The Bertz CT molecular complexity index is 1070. The van der Waals surface area contributed by atoms with Crippen LogP contribution in [0.4, 0.5) is 0 Å². The Morgan fingerprint density at radius 3 is 2.87 bits per heavy atom. The van der Waals surface area contributed by atoms with Crippen LogP contribution in [0.25, 0.3) is 0 Å². The van der Waals surface area contributed by atoms with Gasteiger partial charge in [0, 0.05) is 19.8 Å². The molecule has 2 fully saturated rings. The highest BCUT2D eigenvalue weighted by atomic mass is 16.5. The highest BCUT2D eigenvalue weighted by Crippen LogP contribution is 2.52. The Morgan fingerprint density at radius 1 is 1.29 bits per heavy atom. The van der Waals surface area contributed by atoms with Crippen molar-refractivity contribution >= 4 is 11.8 Å². The van der Waals surface area contributed by atoms with Crippen molar-refractivity contribution in [2.24, 2.45) is 11.8 Å². The number of amides is 2. The van der Waals surface area contributed by atoms with Gasteiger partial charge in [-0.3, -0.25) is 9.59 Å². The SMILES string of the molecule is Cc1ccc(CN2C[C@]34C=C[C@H](O3)[C@H](C(=O)N(C)Cc3ccncn3)[C@@H]4C2=O)cc1C. The quantitative estimate of drug-likeness (QED) is 0.695. The largest absolute Gasteiger partial charge is 0.360 e. The number of aryl methyl sites for hydroxylation is 2. The number of fused-ring (bicyclic) bond motifs is 1. The third kappa shape index (κ3) is 3.24. The Morgan fingerprint density at radius 2 is 2.13 bits per heavy atom. The molecule has 0 unspecified atom stereocenters. The minimum atomic E-state index is -0.697. The minimum Gasteiger partial charge on any atom is -0.360 e. The number of benzene rings is 1. The van der Waals surface area contributed by atoms with Crippen LogP contribution in [-0.4, -0.2) is 56.9 Å². The van der Waals surface area contributed by atoms with Crippen LogP contribution in [0.3, 0.4) is 0 Å². The van der Waals surface area contributed by atoms with Gasteiger partial charge in [0.15, 0.2) is 0 Å².